The lowest BCUT2D eigenvalue weighted by Crippen LogP contribution is -2.28. The quantitative estimate of drug-likeness (QED) is 0.557. The number of rotatable bonds is 3. The van der Waals surface area contributed by atoms with Crippen molar-refractivity contribution in [1.82, 2.24) is 10.2 Å². The Morgan fingerprint density at radius 3 is 2.44 bits per heavy atom. The van der Waals surface area contributed by atoms with Gasteiger partial charge in [0.2, 0.25) is 0 Å². The van der Waals surface area contributed by atoms with Crippen LogP contribution in [0.1, 0.15) is 5.69 Å². The lowest BCUT2D eigenvalue weighted by atomic mass is 9.64. The first-order valence-corrected chi connectivity index (χ1v) is 10.7. The van der Waals surface area contributed by atoms with Gasteiger partial charge in [-0.2, -0.15) is 5.10 Å². The van der Waals surface area contributed by atoms with Crippen LogP contribution in [0, 0.1) is 6.92 Å². The number of anilines is 1. The minimum absolute atomic E-state index is 0.391. The van der Waals surface area contributed by atoms with Gasteiger partial charge in [0.25, 0.3) is 0 Å². The smallest absolute Gasteiger partial charge is 0.320 e. The van der Waals surface area contributed by atoms with Crippen molar-refractivity contribution in [3.05, 3.63) is 42.1 Å². The van der Waals surface area contributed by atoms with Gasteiger partial charge >= 0.3 is 6.92 Å². The zero-order chi connectivity index (χ0) is 18.4. The third-order valence-electron chi connectivity index (χ3n) is 4.39. The van der Waals surface area contributed by atoms with E-state index in [0.717, 1.165) is 38.4 Å². The lowest BCUT2D eigenvalue weighted by Gasteiger charge is -2.16. The largest absolute Gasteiger partial charge is 0.447 e. The minimum Gasteiger partial charge on any atom is -0.447 e. The van der Waals surface area contributed by atoms with Gasteiger partial charge in [0, 0.05) is 16.1 Å². The van der Waals surface area contributed by atoms with E-state index in [4.69, 9.17) is 5.73 Å². The molecule has 7 heteroatoms. The van der Waals surface area contributed by atoms with Crippen molar-refractivity contribution >= 4 is 41.4 Å². The van der Waals surface area contributed by atoms with Crippen molar-refractivity contribution in [1.29, 1.82) is 0 Å². The fraction of sp³-hybridized carbons (Fsp3) is 0.222. The van der Waals surface area contributed by atoms with E-state index in [1.54, 1.807) is 20.2 Å². The molecule has 128 valence electrons. The first-order chi connectivity index (χ1) is 11.7. The summed E-state index contributed by atoms with van der Waals surface area (Å²) < 4.78 is 12.8. The molecule has 2 aromatic carbocycles. The predicted molar refractivity (Wildman–Crippen MR) is 107 cm³/mol. The molecule has 3 aromatic rings. The Morgan fingerprint density at radius 2 is 1.80 bits per heavy atom. The van der Waals surface area contributed by atoms with Gasteiger partial charge in [-0.3, -0.25) is 0 Å². The highest BCUT2D eigenvalue weighted by molar-refractivity contribution is 7.70. The van der Waals surface area contributed by atoms with Crippen LogP contribution >= 0.6 is 7.14 Å². The summed E-state index contributed by atoms with van der Waals surface area (Å²) in [6.07, 6.45) is 0. The Kier molecular flexibility index (Phi) is 4.44. The molecule has 0 aliphatic rings. The summed E-state index contributed by atoms with van der Waals surface area (Å²) in [6.45, 7) is 6.52. The second-order valence-electron chi connectivity index (χ2n) is 6.73. The Labute approximate surface area is 147 Å². The van der Waals surface area contributed by atoms with E-state index in [-0.39, 0.29) is 0 Å². The van der Waals surface area contributed by atoms with Crippen LogP contribution in [0.15, 0.2) is 36.4 Å². The van der Waals surface area contributed by atoms with Crippen molar-refractivity contribution in [3.8, 4) is 11.1 Å². The maximum atomic E-state index is 12.8. The summed E-state index contributed by atoms with van der Waals surface area (Å²) in [6, 6.07) is 11.5. The number of hydrogen-bond donors (Lipinski definition) is 2. The molecule has 0 unspecified atom stereocenters. The van der Waals surface area contributed by atoms with E-state index < -0.39 is 14.1 Å². The van der Waals surface area contributed by atoms with E-state index in [1.807, 2.05) is 43.3 Å². The van der Waals surface area contributed by atoms with Crippen molar-refractivity contribution in [2.45, 2.75) is 13.7 Å². The third-order valence-corrected chi connectivity index (χ3v) is 5.94. The van der Waals surface area contributed by atoms with Gasteiger partial charge in [-0.1, -0.05) is 31.1 Å². The first-order valence-electron chi connectivity index (χ1n) is 8.09. The SMILES string of the molecule is CB(O)c1ccc(P(C)(C)=O)c(-c2ccc3c(N)nnc(C)c3c2)c1. The van der Waals surface area contributed by atoms with Gasteiger partial charge in [0.15, 0.2) is 5.82 Å². The molecule has 0 radical (unpaired) electrons. The minimum atomic E-state index is -2.49. The molecule has 5 nitrogen and oxygen atoms in total. The Balaban J connectivity index is 2.31. The van der Waals surface area contributed by atoms with Crippen LogP contribution in [0.3, 0.4) is 0 Å². The van der Waals surface area contributed by atoms with Crippen molar-refractivity contribution in [2.75, 3.05) is 19.1 Å². The molecule has 0 amide bonds. The Bertz CT molecular complexity index is 1010. The number of aromatic nitrogens is 2. The summed E-state index contributed by atoms with van der Waals surface area (Å²) in [5, 5.41) is 20.5. The normalized spacial score (nSPS) is 11.7. The molecular weight excluding hydrogens is 332 g/mol. The molecule has 0 aliphatic carbocycles. The molecule has 0 saturated carbocycles. The zero-order valence-corrected chi connectivity index (χ0v) is 15.7. The highest BCUT2D eigenvalue weighted by atomic mass is 31.2. The van der Waals surface area contributed by atoms with Crippen molar-refractivity contribution in [2.24, 2.45) is 0 Å². The van der Waals surface area contributed by atoms with Gasteiger partial charge in [-0.15, -0.1) is 5.10 Å². The number of nitrogens with two attached hydrogens (primary N) is 1. The number of hydrogen-bond acceptors (Lipinski definition) is 5. The van der Waals surface area contributed by atoms with Crippen molar-refractivity contribution < 1.29 is 9.59 Å². The van der Waals surface area contributed by atoms with Gasteiger partial charge in [-0.05, 0) is 49.0 Å². The summed E-state index contributed by atoms with van der Waals surface area (Å²) >= 11 is 0. The van der Waals surface area contributed by atoms with E-state index in [9.17, 15) is 9.59 Å². The second-order valence-corrected chi connectivity index (χ2v) is 9.92. The molecule has 1 heterocycles. The molecule has 0 atom stereocenters. The van der Waals surface area contributed by atoms with Crippen LogP contribution in [0.5, 0.6) is 0 Å². The molecule has 0 fully saturated rings. The standard InChI is InChI=1S/C18H21BN3O2P/c1-11-15-9-12(5-7-14(15)18(20)22-21-11)16-10-13(19(2)23)6-8-17(16)25(3,4)24/h5-10,23H,1-4H3,(H2,20,22). The molecule has 3 N–H and O–H groups in total. The fourth-order valence-electron chi connectivity index (χ4n) is 2.99. The van der Waals surface area contributed by atoms with Crippen LogP contribution in [0.4, 0.5) is 5.82 Å². The second kappa shape index (κ2) is 6.28. The molecule has 0 bridgehead atoms. The van der Waals surface area contributed by atoms with Gasteiger partial charge in [0.1, 0.15) is 7.14 Å². The van der Waals surface area contributed by atoms with Crippen LogP contribution in [0.2, 0.25) is 6.82 Å². The first kappa shape index (κ1) is 17.7. The van der Waals surface area contributed by atoms with Crippen LogP contribution in [-0.4, -0.2) is 35.5 Å². The number of nitrogens with zero attached hydrogens (tertiary/aromatic N) is 2. The Morgan fingerprint density at radius 1 is 1.08 bits per heavy atom. The van der Waals surface area contributed by atoms with E-state index in [2.05, 4.69) is 10.2 Å². The molecular formula is C18H21BN3O2P. The van der Waals surface area contributed by atoms with E-state index in [1.165, 1.54) is 0 Å². The van der Waals surface area contributed by atoms with Crippen molar-refractivity contribution in [3.63, 3.8) is 0 Å². The number of fused-ring (bicyclic) bond motifs is 1. The maximum absolute atomic E-state index is 12.8. The number of aryl methyl sites for hydroxylation is 1. The van der Waals surface area contributed by atoms with Crippen LogP contribution in [0.25, 0.3) is 21.9 Å². The van der Waals surface area contributed by atoms with Gasteiger partial charge in [-0.25, -0.2) is 0 Å². The van der Waals surface area contributed by atoms with Crippen LogP contribution < -0.4 is 16.5 Å². The molecule has 3 rings (SSSR count). The Hall–Kier alpha value is -2.17. The third kappa shape index (κ3) is 3.32. The van der Waals surface area contributed by atoms with E-state index >= 15 is 0 Å². The molecule has 25 heavy (non-hydrogen) atoms. The fourth-order valence-corrected chi connectivity index (χ4v) is 4.19. The average molecular weight is 353 g/mol. The van der Waals surface area contributed by atoms with Crippen LogP contribution in [-0.2, 0) is 4.57 Å². The summed E-state index contributed by atoms with van der Waals surface area (Å²) in [7, 11) is -2.49. The van der Waals surface area contributed by atoms with E-state index in [0.29, 0.717) is 5.82 Å². The van der Waals surface area contributed by atoms with Gasteiger partial charge in [0.05, 0.1) is 5.69 Å². The predicted octanol–water partition coefficient (Wildman–Crippen LogP) is 2.26. The monoisotopic (exact) mass is 353 g/mol. The molecule has 0 saturated heterocycles. The number of nitrogen functional groups attached to an aromatic ring is 1. The summed E-state index contributed by atoms with van der Waals surface area (Å²) in [4.78, 5) is 0. The highest BCUT2D eigenvalue weighted by Crippen LogP contribution is 2.39. The molecule has 0 aliphatic heterocycles. The molecule has 0 spiro atoms. The summed E-state index contributed by atoms with van der Waals surface area (Å²) in [5.41, 5.74) is 9.29. The highest BCUT2D eigenvalue weighted by Gasteiger charge is 2.20. The lowest BCUT2D eigenvalue weighted by molar-refractivity contribution is 0.588. The average Bonchev–Trinajstić information content (AvgIpc) is 2.56. The number of benzene rings is 2. The molecule has 1 aromatic heterocycles. The van der Waals surface area contributed by atoms with Gasteiger partial charge < -0.3 is 15.3 Å². The zero-order valence-electron chi connectivity index (χ0n) is 14.8. The summed E-state index contributed by atoms with van der Waals surface area (Å²) in [5.74, 6) is 0.391. The maximum Gasteiger partial charge on any atom is 0.320 e. The topological polar surface area (TPSA) is 89.1 Å².